The minimum absolute atomic E-state index is 1.30. The number of aliphatic hydroxyl groups excluding tert-OH is 1. The van der Waals surface area contributed by atoms with Crippen molar-refractivity contribution in [2.75, 3.05) is 6.61 Å². The lowest BCUT2D eigenvalue weighted by molar-refractivity contribution is -0.0334. The van der Waals surface area contributed by atoms with Crippen molar-refractivity contribution in [1.29, 1.82) is 0 Å². The predicted octanol–water partition coefficient (Wildman–Crippen LogP) is 1.26. The Morgan fingerprint density at radius 3 is 1.64 bits per heavy atom. The highest BCUT2D eigenvalue weighted by Crippen LogP contribution is 2.17. The van der Waals surface area contributed by atoms with E-state index in [0.717, 1.165) is 0 Å². The van der Waals surface area contributed by atoms with Crippen molar-refractivity contribution in [1.82, 2.24) is 0 Å². The molecule has 0 aliphatic carbocycles. The van der Waals surface area contributed by atoms with Gasteiger partial charge >= 0.3 is 0 Å². The van der Waals surface area contributed by atoms with E-state index in [0.29, 0.717) is 0 Å². The molecule has 0 aromatic rings. The van der Waals surface area contributed by atoms with Crippen molar-refractivity contribution in [3.05, 3.63) is 0 Å². The summed E-state index contributed by atoms with van der Waals surface area (Å²) >= 11 is 0. The van der Waals surface area contributed by atoms with Crippen molar-refractivity contribution < 1.29 is 27.1 Å². The second-order valence-electron chi connectivity index (χ2n) is 1.92. The molecule has 1 N–H and O–H groups in total. The Morgan fingerprint density at radius 1 is 0.909 bits per heavy atom. The summed E-state index contributed by atoms with van der Waals surface area (Å²) in [5, 5.41) is 7.91. The van der Waals surface area contributed by atoms with E-state index >= 15 is 0 Å². The molecule has 0 radical (unpaired) electrons. The van der Waals surface area contributed by atoms with Gasteiger partial charge in [0.15, 0.2) is 18.5 Å². The molecule has 1 nitrogen and oxygen atoms in total. The molecule has 0 spiro atoms. The zero-order valence-electron chi connectivity index (χ0n) is 5.35. The fourth-order valence-corrected chi connectivity index (χ4v) is 0.439. The molecule has 3 atom stereocenters. The molecule has 0 heterocycles. The third-order valence-electron chi connectivity index (χ3n) is 1.06. The Bertz CT molecular complexity index is 109. The van der Waals surface area contributed by atoms with Crippen molar-refractivity contribution in [3.8, 4) is 0 Å². The lowest BCUT2D eigenvalue weighted by Gasteiger charge is -2.14. The summed E-state index contributed by atoms with van der Waals surface area (Å²) in [5.74, 6) is 0. The van der Waals surface area contributed by atoms with Crippen molar-refractivity contribution in [2.24, 2.45) is 0 Å². The van der Waals surface area contributed by atoms with Gasteiger partial charge in [-0.1, -0.05) is 0 Å². The Hall–Kier alpha value is -0.390. The van der Waals surface area contributed by atoms with Crippen LogP contribution in [0.25, 0.3) is 0 Å². The summed E-state index contributed by atoms with van der Waals surface area (Å²) < 4.78 is 58.5. The molecule has 0 aromatic heterocycles. The minimum atomic E-state index is -3.56. The van der Waals surface area contributed by atoms with Gasteiger partial charge in [0.1, 0.15) is 0 Å². The third-order valence-corrected chi connectivity index (χ3v) is 1.06. The molecule has 0 amide bonds. The van der Waals surface area contributed by atoms with E-state index in [9.17, 15) is 22.0 Å². The molecule has 0 bridgehead atoms. The molecule has 0 fully saturated rings. The van der Waals surface area contributed by atoms with Gasteiger partial charge in [0.25, 0.3) is 6.43 Å². The lowest BCUT2D eigenvalue weighted by Crippen LogP contribution is -2.35. The minimum Gasteiger partial charge on any atom is -0.393 e. The number of hydrogen-bond donors (Lipinski definition) is 1. The van der Waals surface area contributed by atoms with Crippen LogP contribution in [0.4, 0.5) is 22.0 Å². The first-order valence-electron chi connectivity index (χ1n) is 2.82. The van der Waals surface area contributed by atoms with Crippen LogP contribution in [0.3, 0.4) is 0 Å². The molecule has 0 saturated carbocycles. The highest BCUT2D eigenvalue weighted by Gasteiger charge is 2.35. The molecule has 3 unspecified atom stereocenters. The zero-order chi connectivity index (χ0) is 9.02. The quantitative estimate of drug-likeness (QED) is 0.642. The third kappa shape index (κ3) is 3.00. The second kappa shape index (κ2) is 4.48. The van der Waals surface area contributed by atoms with Crippen molar-refractivity contribution in [2.45, 2.75) is 24.9 Å². The summed E-state index contributed by atoms with van der Waals surface area (Å²) in [5.41, 5.74) is 0. The maximum Gasteiger partial charge on any atom is 0.272 e. The second-order valence-corrected chi connectivity index (χ2v) is 1.92. The molecular weight excluding hydrogens is 171 g/mol. The average molecular weight is 178 g/mol. The standard InChI is InChI=1S/C5H7F5O/c6-2(1-11)3(7)4(8)5(9)10/h2-5,11H,1H2. The van der Waals surface area contributed by atoms with E-state index < -0.39 is 31.5 Å². The van der Waals surface area contributed by atoms with Gasteiger partial charge in [-0.2, -0.15) is 0 Å². The zero-order valence-corrected chi connectivity index (χ0v) is 5.35. The maximum atomic E-state index is 12.1. The first-order chi connectivity index (χ1) is 5.00. The fourth-order valence-electron chi connectivity index (χ4n) is 0.439. The Morgan fingerprint density at radius 2 is 1.36 bits per heavy atom. The lowest BCUT2D eigenvalue weighted by atomic mass is 10.2. The molecule has 11 heavy (non-hydrogen) atoms. The molecule has 0 rings (SSSR count). The first-order valence-corrected chi connectivity index (χ1v) is 2.82. The van der Waals surface area contributed by atoms with E-state index in [4.69, 9.17) is 5.11 Å². The smallest absolute Gasteiger partial charge is 0.272 e. The number of alkyl halides is 5. The van der Waals surface area contributed by atoms with Crippen LogP contribution in [0.2, 0.25) is 0 Å². The van der Waals surface area contributed by atoms with E-state index in [1.54, 1.807) is 0 Å². The largest absolute Gasteiger partial charge is 0.393 e. The number of halogens is 5. The summed E-state index contributed by atoms with van der Waals surface area (Å²) in [4.78, 5) is 0. The van der Waals surface area contributed by atoms with Crippen LogP contribution in [0.5, 0.6) is 0 Å². The normalized spacial score (nSPS) is 19.9. The fraction of sp³-hybridized carbons (Fsp3) is 1.00. The van der Waals surface area contributed by atoms with Crippen LogP contribution >= 0.6 is 0 Å². The highest BCUT2D eigenvalue weighted by molar-refractivity contribution is 4.77. The average Bonchev–Trinajstić information content (AvgIpc) is 2.00. The monoisotopic (exact) mass is 178 g/mol. The van der Waals surface area contributed by atoms with Crippen LogP contribution in [-0.2, 0) is 0 Å². The molecule has 0 saturated heterocycles. The predicted molar refractivity (Wildman–Crippen MR) is 27.8 cm³/mol. The topological polar surface area (TPSA) is 20.2 Å². The van der Waals surface area contributed by atoms with Gasteiger partial charge in [-0.15, -0.1) is 0 Å². The van der Waals surface area contributed by atoms with Gasteiger partial charge in [0, 0.05) is 0 Å². The van der Waals surface area contributed by atoms with Crippen LogP contribution in [-0.4, -0.2) is 36.7 Å². The van der Waals surface area contributed by atoms with Crippen molar-refractivity contribution in [3.63, 3.8) is 0 Å². The van der Waals surface area contributed by atoms with Crippen LogP contribution in [0.1, 0.15) is 0 Å². The van der Waals surface area contributed by atoms with Gasteiger partial charge < -0.3 is 5.11 Å². The van der Waals surface area contributed by atoms with E-state index in [-0.39, 0.29) is 0 Å². The maximum absolute atomic E-state index is 12.1. The Kier molecular flexibility index (Phi) is 4.32. The molecular formula is C5H7F5O. The summed E-state index contributed by atoms with van der Waals surface area (Å²) in [6.45, 7) is -1.30. The van der Waals surface area contributed by atoms with Gasteiger partial charge in [-0.3, -0.25) is 0 Å². The van der Waals surface area contributed by atoms with E-state index in [1.807, 2.05) is 0 Å². The molecule has 0 aliphatic rings. The molecule has 6 heteroatoms. The van der Waals surface area contributed by atoms with Crippen LogP contribution < -0.4 is 0 Å². The Labute approximate surface area is 59.8 Å². The van der Waals surface area contributed by atoms with Crippen LogP contribution in [0.15, 0.2) is 0 Å². The van der Waals surface area contributed by atoms with Gasteiger partial charge in [0.2, 0.25) is 0 Å². The van der Waals surface area contributed by atoms with E-state index in [2.05, 4.69) is 0 Å². The molecule has 68 valence electrons. The van der Waals surface area contributed by atoms with Crippen LogP contribution in [0, 0.1) is 0 Å². The first kappa shape index (κ1) is 10.6. The number of hydrogen-bond acceptors (Lipinski definition) is 1. The van der Waals surface area contributed by atoms with E-state index in [1.165, 1.54) is 0 Å². The summed E-state index contributed by atoms with van der Waals surface area (Å²) in [7, 11) is 0. The SMILES string of the molecule is OCC(F)C(F)C(F)C(F)F. The van der Waals surface area contributed by atoms with Gasteiger partial charge in [0.05, 0.1) is 6.61 Å². The highest BCUT2D eigenvalue weighted by atomic mass is 19.3. The van der Waals surface area contributed by atoms with Gasteiger partial charge in [-0.25, -0.2) is 22.0 Å². The van der Waals surface area contributed by atoms with Crippen molar-refractivity contribution >= 4 is 0 Å². The number of rotatable bonds is 4. The number of aliphatic hydroxyl groups is 1. The summed E-state index contributed by atoms with van der Waals surface area (Å²) in [6.07, 6.45) is -12.3. The molecule has 0 aromatic carbocycles. The molecule has 0 aliphatic heterocycles. The summed E-state index contributed by atoms with van der Waals surface area (Å²) in [6, 6.07) is 0. The van der Waals surface area contributed by atoms with Gasteiger partial charge in [-0.05, 0) is 0 Å². The Balaban J connectivity index is 3.90.